The third-order valence-corrected chi connectivity index (χ3v) is 9.39. The van der Waals surface area contributed by atoms with Gasteiger partial charge >= 0.3 is 0 Å². The molecule has 134 valence electrons. The lowest BCUT2D eigenvalue weighted by molar-refractivity contribution is -1.02. The van der Waals surface area contributed by atoms with Gasteiger partial charge in [0.2, 0.25) is 0 Å². The summed E-state index contributed by atoms with van der Waals surface area (Å²) in [5.41, 5.74) is 2.54. The maximum absolute atomic E-state index is 11.7. The minimum absolute atomic E-state index is 0.125. The van der Waals surface area contributed by atoms with Crippen LogP contribution in [0.4, 0.5) is 5.69 Å². The molecule has 1 spiro atoms. The largest absolute Gasteiger partial charge is 0.392 e. The Morgan fingerprint density at radius 2 is 2.00 bits per heavy atom. The van der Waals surface area contributed by atoms with Gasteiger partial charge in [-0.25, -0.2) is 0 Å². The Labute approximate surface area is 149 Å². The van der Waals surface area contributed by atoms with Crippen molar-refractivity contribution in [2.24, 2.45) is 17.8 Å². The number of likely N-dealkylation sites (N-methyl/N-ethyl adjacent to an activating group) is 2. The first-order valence-electron chi connectivity index (χ1n) is 10.0. The zero-order valence-electron chi connectivity index (χ0n) is 15.3. The van der Waals surface area contributed by atoms with Gasteiger partial charge in [0.05, 0.1) is 30.7 Å². The zero-order valence-corrected chi connectivity index (χ0v) is 15.3. The molecule has 1 aliphatic carbocycles. The SMILES string of the molecule is CC[C@H]1[C@H]2C[C@H]3[C@@H]4N(C)c5ccccc5[C@]45C[C@@H]([C@H]2[C@@H]5O)[N@+]3(C)[C@@H]1O. The second-order valence-electron chi connectivity index (χ2n) is 9.58. The highest BCUT2D eigenvalue weighted by Crippen LogP contribution is 2.70. The minimum Gasteiger partial charge on any atom is -0.392 e. The second-order valence-corrected chi connectivity index (χ2v) is 9.58. The molecule has 1 aromatic rings. The number of rotatable bonds is 1. The number of quaternary nitrogens is 1. The van der Waals surface area contributed by atoms with Crippen molar-refractivity contribution in [3.8, 4) is 0 Å². The van der Waals surface area contributed by atoms with Crippen molar-refractivity contribution in [2.45, 2.75) is 62.1 Å². The maximum atomic E-state index is 11.7. The first kappa shape index (κ1) is 15.0. The van der Waals surface area contributed by atoms with Crippen LogP contribution in [0.1, 0.15) is 31.7 Å². The van der Waals surface area contributed by atoms with Crippen molar-refractivity contribution < 1.29 is 14.7 Å². The molecule has 4 heteroatoms. The van der Waals surface area contributed by atoms with Crippen molar-refractivity contribution >= 4 is 5.69 Å². The summed E-state index contributed by atoms with van der Waals surface area (Å²) in [5, 5.41) is 23.1. The van der Waals surface area contributed by atoms with Crippen LogP contribution in [0.3, 0.4) is 0 Å². The van der Waals surface area contributed by atoms with Crippen molar-refractivity contribution in [2.75, 3.05) is 19.0 Å². The van der Waals surface area contributed by atoms with Gasteiger partial charge in [-0.1, -0.05) is 25.1 Å². The molecule has 10 atom stereocenters. The highest BCUT2D eigenvalue weighted by molar-refractivity contribution is 5.66. The summed E-state index contributed by atoms with van der Waals surface area (Å²) < 4.78 is 0.779. The van der Waals surface area contributed by atoms with Crippen molar-refractivity contribution in [3.63, 3.8) is 0 Å². The summed E-state index contributed by atoms with van der Waals surface area (Å²) in [6.07, 6.45) is 2.67. The predicted octanol–water partition coefficient (Wildman–Crippen LogP) is 1.70. The van der Waals surface area contributed by atoms with Crippen molar-refractivity contribution in [3.05, 3.63) is 29.8 Å². The van der Waals surface area contributed by atoms with E-state index in [9.17, 15) is 10.2 Å². The Kier molecular flexibility index (Phi) is 2.54. The molecule has 0 aromatic heterocycles. The van der Waals surface area contributed by atoms with E-state index in [4.69, 9.17) is 0 Å². The topological polar surface area (TPSA) is 43.7 Å². The van der Waals surface area contributed by atoms with Crippen LogP contribution in [0, 0.1) is 17.8 Å². The van der Waals surface area contributed by atoms with E-state index < -0.39 is 0 Å². The number of para-hydroxylation sites is 1. The summed E-state index contributed by atoms with van der Waals surface area (Å²) in [7, 11) is 4.51. The molecule has 5 bridgehead atoms. The Morgan fingerprint density at radius 3 is 2.76 bits per heavy atom. The Balaban J connectivity index is 1.63. The lowest BCUT2D eigenvalue weighted by Gasteiger charge is -2.66. The summed E-state index contributed by atoms with van der Waals surface area (Å²) >= 11 is 0. The van der Waals surface area contributed by atoms with E-state index in [1.54, 1.807) is 0 Å². The van der Waals surface area contributed by atoms with Gasteiger partial charge in [0.1, 0.15) is 6.04 Å². The molecule has 1 saturated carbocycles. The van der Waals surface area contributed by atoms with Gasteiger partial charge < -0.3 is 15.1 Å². The van der Waals surface area contributed by atoms with E-state index in [1.807, 2.05) is 0 Å². The second kappa shape index (κ2) is 4.24. The molecule has 0 radical (unpaired) electrons. The van der Waals surface area contributed by atoms with Gasteiger partial charge in [0, 0.05) is 37.4 Å². The first-order chi connectivity index (χ1) is 12.0. The van der Waals surface area contributed by atoms with Crippen LogP contribution >= 0.6 is 0 Å². The summed E-state index contributed by atoms with van der Waals surface area (Å²) in [5.74, 6) is 1.17. The van der Waals surface area contributed by atoms with Crippen LogP contribution in [-0.2, 0) is 5.41 Å². The molecule has 7 rings (SSSR count). The molecular formula is C21H29N2O2+. The zero-order chi connectivity index (χ0) is 17.3. The van der Waals surface area contributed by atoms with E-state index in [1.165, 1.54) is 11.3 Å². The molecule has 6 aliphatic rings. The molecule has 2 N–H and O–H groups in total. The van der Waals surface area contributed by atoms with Gasteiger partial charge in [-0.15, -0.1) is 0 Å². The summed E-state index contributed by atoms with van der Waals surface area (Å²) in [4.78, 5) is 2.44. The Morgan fingerprint density at radius 1 is 1.24 bits per heavy atom. The molecule has 0 amide bonds. The fourth-order valence-electron chi connectivity index (χ4n) is 8.58. The van der Waals surface area contributed by atoms with Crippen LogP contribution in [0.2, 0.25) is 0 Å². The number of fused-ring (bicyclic) bond motifs is 2. The number of hydrogen-bond acceptors (Lipinski definition) is 3. The molecule has 0 unspecified atom stereocenters. The molecular weight excluding hydrogens is 312 g/mol. The third-order valence-electron chi connectivity index (χ3n) is 9.39. The Bertz CT molecular complexity index is 768. The van der Waals surface area contributed by atoms with E-state index in [0.717, 1.165) is 23.7 Å². The van der Waals surface area contributed by atoms with E-state index >= 15 is 0 Å². The smallest absolute Gasteiger partial charge is 0.193 e. The van der Waals surface area contributed by atoms with E-state index in [0.29, 0.717) is 35.9 Å². The maximum Gasteiger partial charge on any atom is 0.193 e. The number of aliphatic hydroxyl groups excluding tert-OH is 2. The van der Waals surface area contributed by atoms with Gasteiger partial charge in [0.15, 0.2) is 6.23 Å². The summed E-state index contributed by atoms with van der Waals surface area (Å²) in [6.45, 7) is 2.21. The van der Waals surface area contributed by atoms with Crippen molar-refractivity contribution in [1.82, 2.24) is 0 Å². The quantitative estimate of drug-likeness (QED) is 0.764. The van der Waals surface area contributed by atoms with E-state index in [-0.39, 0.29) is 17.7 Å². The number of hydrogen-bond donors (Lipinski definition) is 2. The minimum atomic E-state index is -0.273. The molecule has 5 heterocycles. The highest BCUT2D eigenvalue weighted by Gasteiger charge is 2.82. The average molecular weight is 341 g/mol. The molecule has 5 fully saturated rings. The van der Waals surface area contributed by atoms with Gasteiger partial charge in [-0.2, -0.15) is 0 Å². The standard InChI is InChI=1S/C21H29N2O2/c1-4-11-12-9-15-18-21(13-7-5-6-8-14(13)22(18)2)10-16(17(12)19(21)24)23(15,3)20(11)25/h5-8,11-12,15-20,24-25H,4,9-10H2,1-3H3/q+1/t11-,12+,15-,16-,17-,18-,19-,20+,21+,23+/m0/s1. The monoisotopic (exact) mass is 341 g/mol. The third kappa shape index (κ3) is 1.27. The van der Waals surface area contributed by atoms with Crippen LogP contribution in [-0.4, -0.2) is 59.2 Å². The predicted molar refractivity (Wildman–Crippen MR) is 96.1 cm³/mol. The van der Waals surface area contributed by atoms with Crippen LogP contribution in [0.15, 0.2) is 24.3 Å². The van der Waals surface area contributed by atoms with Crippen LogP contribution in [0.25, 0.3) is 0 Å². The molecule has 1 aromatic carbocycles. The van der Waals surface area contributed by atoms with Crippen LogP contribution in [0.5, 0.6) is 0 Å². The van der Waals surface area contributed by atoms with E-state index in [2.05, 4.69) is 50.2 Å². The molecule has 25 heavy (non-hydrogen) atoms. The fourth-order valence-corrected chi connectivity index (χ4v) is 8.58. The van der Waals surface area contributed by atoms with Gasteiger partial charge in [-0.3, -0.25) is 4.48 Å². The lowest BCUT2D eigenvalue weighted by atomic mass is 9.61. The normalized spacial score (nSPS) is 57.1. The highest BCUT2D eigenvalue weighted by atomic mass is 16.3. The summed E-state index contributed by atoms with van der Waals surface area (Å²) in [6, 6.07) is 9.87. The number of nitrogens with zero attached hydrogens (tertiary/aromatic N) is 2. The molecule has 4 nitrogen and oxygen atoms in total. The number of aliphatic hydroxyl groups is 2. The first-order valence-corrected chi connectivity index (χ1v) is 10.0. The molecule has 5 aliphatic heterocycles. The Hall–Kier alpha value is -1.10. The number of benzene rings is 1. The average Bonchev–Trinajstić information content (AvgIpc) is 2.99. The lowest BCUT2D eigenvalue weighted by Crippen LogP contribution is -2.81. The number of anilines is 1. The number of piperidine rings is 4. The molecule has 4 saturated heterocycles. The van der Waals surface area contributed by atoms with Gasteiger partial charge in [-0.05, 0) is 24.0 Å². The van der Waals surface area contributed by atoms with Crippen LogP contribution < -0.4 is 4.90 Å². The van der Waals surface area contributed by atoms with Gasteiger partial charge in [0.25, 0.3) is 0 Å². The fraction of sp³-hybridized carbons (Fsp3) is 0.714. The van der Waals surface area contributed by atoms with Crippen molar-refractivity contribution in [1.29, 1.82) is 0 Å².